The molecule has 4 aromatic rings. The maximum atomic E-state index is 13.0. The number of hydrogen-bond donors (Lipinski definition) is 1. The lowest BCUT2D eigenvalue weighted by molar-refractivity contribution is -0.118. The van der Waals surface area contributed by atoms with Crippen molar-refractivity contribution in [3.05, 3.63) is 48.7 Å². The van der Waals surface area contributed by atoms with Crippen molar-refractivity contribution in [2.24, 2.45) is 5.92 Å². The fourth-order valence-electron chi connectivity index (χ4n) is 3.22. The number of anilines is 1. The number of rotatable bonds is 5. The lowest BCUT2D eigenvalue weighted by atomic mass is 10.1. The Hall–Kier alpha value is -3.29. The van der Waals surface area contributed by atoms with Crippen LogP contribution in [0, 0.1) is 5.92 Å². The highest BCUT2D eigenvalue weighted by Gasteiger charge is 2.23. The van der Waals surface area contributed by atoms with Crippen LogP contribution in [0.5, 0.6) is 0 Å². The molecule has 0 saturated heterocycles. The van der Waals surface area contributed by atoms with Gasteiger partial charge in [0.25, 0.3) is 0 Å². The van der Waals surface area contributed by atoms with Gasteiger partial charge in [0.2, 0.25) is 11.9 Å². The van der Waals surface area contributed by atoms with Crippen molar-refractivity contribution in [1.82, 2.24) is 29.1 Å². The van der Waals surface area contributed by atoms with Gasteiger partial charge in [-0.25, -0.2) is 9.97 Å². The molecule has 3 heterocycles. The summed E-state index contributed by atoms with van der Waals surface area (Å²) >= 11 is 0. The van der Waals surface area contributed by atoms with Gasteiger partial charge in [-0.3, -0.25) is 14.5 Å². The monoisotopic (exact) mass is 363 g/mol. The fourth-order valence-corrected chi connectivity index (χ4v) is 3.22. The Kier molecular flexibility index (Phi) is 4.31. The molecule has 138 valence electrons. The van der Waals surface area contributed by atoms with E-state index in [2.05, 4.69) is 34.3 Å². The van der Waals surface area contributed by atoms with Crippen molar-refractivity contribution in [2.45, 2.75) is 33.2 Å². The van der Waals surface area contributed by atoms with Crippen molar-refractivity contribution in [3.63, 3.8) is 0 Å². The molecular formula is C19H21N7O. The largest absolute Gasteiger partial charge is 0.316 e. The minimum absolute atomic E-state index is 0.170. The maximum absolute atomic E-state index is 13.0. The number of nitrogens with zero attached hydrogens (tertiary/aromatic N) is 6. The van der Waals surface area contributed by atoms with Gasteiger partial charge < -0.3 is 4.57 Å². The van der Waals surface area contributed by atoms with Crippen molar-refractivity contribution in [1.29, 1.82) is 0 Å². The molecule has 0 aliphatic carbocycles. The fraction of sp³-hybridized carbons (Fsp3) is 0.316. The number of carbonyl (C=O) groups excluding carboxylic acids is 1. The Morgan fingerprint density at radius 1 is 1.19 bits per heavy atom. The topological polar surface area (TPSA) is 90.0 Å². The number of carbonyl (C=O) groups is 1. The van der Waals surface area contributed by atoms with E-state index in [9.17, 15) is 4.79 Å². The average Bonchev–Trinajstić information content (AvgIpc) is 3.25. The molecule has 0 spiro atoms. The first kappa shape index (κ1) is 17.1. The molecule has 0 bridgehead atoms. The van der Waals surface area contributed by atoms with Gasteiger partial charge in [-0.1, -0.05) is 26.0 Å². The summed E-state index contributed by atoms with van der Waals surface area (Å²) < 4.78 is 3.66. The summed E-state index contributed by atoms with van der Waals surface area (Å²) in [5.41, 5.74) is 2.47. The average molecular weight is 363 g/mol. The van der Waals surface area contributed by atoms with Crippen molar-refractivity contribution >= 4 is 28.5 Å². The third-order valence-corrected chi connectivity index (χ3v) is 4.48. The molecule has 0 fully saturated rings. The Morgan fingerprint density at radius 3 is 2.81 bits per heavy atom. The van der Waals surface area contributed by atoms with Crippen LogP contribution in [-0.2, 0) is 11.2 Å². The molecule has 27 heavy (non-hydrogen) atoms. The molecule has 0 aliphatic heterocycles. The van der Waals surface area contributed by atoms with Crippen LogP contribution in [0.1, 0.15) is 32.6 Å². The molecule has 1 N–H and O–H groups in total. The summed E-state index contributed by atoms with van der Waals surface area (Å²) in [6, 6.07) is 9.17. The molecule has 1 amide bonds. The summed E-state index contributed by atoms with van der Waals surface area (Å²) in [5.74, 6) is 1.56. The minimum atomic E-state index is -0.445. The number of fused-ring (bicyclic) bond motifs is 2. The van der Waals surface area contributed by atoms with Crippen LogP contribution in [0.3, 0.4) is 0 Å². The number of nitrogens with one attached hydrogen (secondary N) is 1. The summed E-state index contributed by atoms with van der Waals surface area (Å²) in [6.07, 6.45) is 3.92. The first-order valence-corrected chi connectivity index (χ1v) is 8.96. The first-order valence-electron chi connectivity index (χ1n) is 8.96. The standard InChI is InChI=1S/C19H21N7O/c1-12(2)10-17-22-14-6-4-5-7-15(14)26(17)13(3)18(27)23-19-20-9-8-16-24-21-11-25(16)19/h4-9,11-13H,10H2,1-3H3,(H,20,23,27). The normalized spacial score (nSPS) is 12.7. The highest BCUT2D eigenvalue weighted by molar-refractivity contribution is 5.93. The summed E-state index contributed by atoms with van der Waals surface area (Å²) in [6.45, 7) is 6.16. The van der Waals surface area contributed by atoms with Crippen LogP contribution in [0.4, 0.5) is 5.95 Å². The molecular weight excluding hydrogens is 342 g/mol. The van der Waals surface area contributed by atoms with Crippen LogP contribution >= 0.6 is 0 Å². The predicted molar refractivity (Wildman–Crippen MR) is 102 cm³/mol. The van der Waals surface area contributed by atoms with E-state index in [1.807, 2.05) is 35.8 Å². The van der Waals surface area contributed by atoms with Crippen molar-refractivity contribution in [2.75, 3.05) is 5.32 Å². The summed E-state index contributed by atoms with van der Waals surface area (Å²) in [4.78, 5) is 22.0. The maximum Gasteiger partial charge on any atom is 0.249 e. The van der Waals surface area contributed by atoms with Crippen LogP contribution < -0.4 is 5.32 Å². The molecule has 0 saturated carbocycles. The smallest absolute Gasteiger partial charge is 0.249 e. The van der Waals surface area contributed by atoms with Gasteiger partial charge in [-0.15, -0.1) is 10.2 Å². The SMILES string of the molecule is CC(C)Cc1nc2ccccc2n1C(C)C(=O)Nc1nccc2nncn12. The molecule has 1 atom stereocenters. The van der Waals surface area contributed by atoms with E-state index in [0.29, 0.717) is 17.5 Å². The third-order valence-electron chi connectivity index (χ3n) is 4.48. The lowest BCUT2D eigenvalue weighted by Gasteiger charge is -2.18. The van der Waals surface area contributed by atoms with E-state index in [-0.39, 0.29) is 5.91 Å². The molecule has 8 nitrogen and oxygen atoms in total. The Balaban J connectivity index is 1.70. The van der Waals surface area contributed by atoms with E-state index in [0.717, 1.165) is 23.3 Å². The molecule has 0 radical (unpaired) electrons. The Morgan fingerprint density at radius 2 is 2.00 bits per heavy atom. The van der Waals surface area contributed by atoms with Crippen molar-refractivity contribution in [3.8, 4) is 0 Å². The van der Waals surface area contributed by atoms with Gasteiger partial charge >= 0.3 is 0 Å². The molecule has 4 rings (SSSR count). The van der Waals surface area contributed by atoms with Gasteiger partial charge in [0.05, 0.1) is 11.0 Å². The zero-order chi connectivity index (χ0) is 19.0. The molecule has 1 aromatic carbocycles. The first-order chi connectivity index (χ1) is 13.0. The number of imidazole rings is 1. The summed E-state index contributed by atoms with van der Waals surface area (Å²) in [7, 11) is 0. The van der Waals surface area contributed by atoms with E-state index in [1.54, 1.807) is 16.7 Å². The van der Waals surface area contributed by atoms with E-state index >= 15 is 0 Å². The number of aromatic nitrogens is 6. The minimum Gasteiger partial charge on any atom is -0.316 e. The van der Waals surface area contributed by atoms with Crippen LogP contribution in [0.25, 0.3) is 16.7 Å². The zero-order valence-electron chi connectivity index (χ0n) is 15.5. The predicted octanol–water partition coefficient (Wildman–Crippen LogP) is 2.87. The lowest BCUT2D eigenvalue weighted by Crippen LogP contribution is -2.26. The number of amides is 1. The van der Waals surface area contributed by atoms with Gasteiger partial charge in [0, 0.05) is 18.7 Å². The number of para-hydroxylation sites is 2. The third kappa shape index (κ3) is 3.14. The molecule has 3 aromatic heterocycles. The van der Waals surface area contributed by atoms with Crippen LogP contribution in [0.2, 0.25) is 0 Å². The Labute approximate surface area is 156 Å². The van der Waals surface area contributed by atoms with Crippen LogP contribution in [-0.4, -0.2) is 35.0 Å². The quantitative estimate of drug-likeness (QED) is 0.589. The van der Waals surface area contributed by atoms with E-state index < -0.39 is 6.04 Å². The van der Waals surface area contributed by atoms with Gasteiger partial charge in [-0.2, -0.15) is 0 Å². The Bertz CT molecular complexity index is 1110. The van der Waals surface area contributed by atoms with Crippen LogP contribution in [0.15, 0.2) is 42.9 Å². The number of benzene rings is 1. The van der Waals surface area contributed by atoms with Gasteiger partial charge in [-0.05, 0) is 25.0 Å². The van der Waals surface area contributed by atoms with Gasteiger partial charge in [0.1, 0.15) is 18.2 Å². The molecule has 8 heteroatoms. The van der Waals surface area contributed by atoms with Gasteiger partial charge in [0.15, 0.2) is 5.65 Å². The molecule has 0 aliphatic rings. The molecule has 1 unspecified atom stereocenters. The number of hydrogen-bond acceptors (Lipinski definition) is 5. The second-order valence-electron chi connectivity index (χ2n) is 6.98. The zero-order valence-corrected chi connectivity index (χ0v) is 15.5. The highest BCUT2D eigenvalue weighted by atomic mass is 16.2. The van der Waals surface area contributed by atoms with E-state index in [4.69, 9.17) is 4.98 Å². The van der Waals surface area contributed by atoms with E-state index in [1.165, 1.54) is 6.33 Å². The highest BCUT2D eigenvalue weighted by Crippen LogP contribution is 2.24. The van der Waals surface area contributed by atoms with Crippen molar-refractivity contribution < 1.29 is 4.79 Å². The second-order valence-corrected chi connectivity index (χ2v) is 6.98. The summed E-state index contributed by atoms with van der Waals surface area (Å²) in [5, 5.41) is 10.7. The second kappa shape index (κ2) is 6.79.